The molecule has 0 spiro atoms. The van der Waals surface area contributed by atoms with E-state index in [1.54, 1.807) is 0 Å². The molecule has 0 aromatic heterocycles. The van der Waals surface area contributed by atoms with E-state index in [0.717, 1.165) is 0 Å². The van der Waals surface area contributed by atoms with Gasteiger partial charge in [0, 0.05) is 0 Å². The summed E-state index contributed by atoms with van der Waals surface area (Å²) in [6, 6.07) is 30.6. The van der Waals surface area contributed by atoms with Gasteiger partial charge in [0.15, 0.2) is 0 Å². The van der Waals surface area contributed by atoms with Gasteiger partial charge >= 0.3 is 135 Å². The Kier molecular flexibility index (Phi) is 4.31. The fourth-order valence-electron chi connectivity index (χ4n) is 2.95. The Bertz CT molecular complexity index is 721. The molecule has 0 aliphatic rings. The maximum atomic E-state index is 4.02. The molecule has 0 nitrogen and oxygen atoms in total. The molecule has 0 bridgehead atoms. The third-order valence-electron chi connectivity index (χ3n) is 4.18. The first-order valence-corrected chi connectivity index (χ1v) is 12.2. The van der Waals surface area contributed by atoms with Crippen molar-refractivity contribution >= 4 is 32.7 Å². The van der Waals surface area contributed by atoms with Gasteiger partial charge in [-0.05, 0) is 0 Å². The second kappa shape index (κ2) is 6.38. The summed E-state index contributed by atoms with van der Waals surface area (Å²) in [6.07, 6.45) is 1.99. The molecule has 108 valence electrons. The van der Waals surface area contributed by atoms with E-state index in [4.69, 9.17) is 0 Å². The molecule has 3 aromatic carbocycles. The van der Waals surface area contributed by atoms with E-state index in [2.05, 4.69) is 97.2 Å². The summed E-state index contributed by atoms with van der Waals surface area (Å²) in [5.41, 5.74) is 3.72. The van der Waals surface area contributed by atoms with Crippen molar-refractivity contribution in [2.24, 2.45) is 0 Å². The molecule has 0 fully saturated rings. The average Bonchev–Trinajstić information content (AvgIpc) is 2.62. The van der Waals surface area contributed by atoms with Crippen molar-refractivity contribution in [3.63, 3.8) is 0 Å². The second-order valence-corrected chi connectivity index (χ2v) is 12.8. The van der Waals surface area contributed by atoms with E-state index in [1.165, 1.54) is 18.6 Å². The molecular weight excluding hydrogens is 327 g/mol. The first-order valence-electron chi connectivity index (χ1n) is 7.46. The van der Waals surface area contributed by atoms with Gasteiger partial charge in [0.05, 0.1) is 0 Å². The van der Waals surface area contributed by atoms with Crippen LogP contribution in [0, 0.1) is 0 Å². The van der Waals surface area contributed by atoms with Gasteiger partial charge in [-0.25, -0.2) is 0 Å². The summed E-state index contributed by atoms with van der Waals surface area (Å²) in [6.45, 7) is 4.02. The van der Waals surface area contributed by atoms with E-state index in [0.29, 0.717) is 0 Å². The molecule has 0 aliphatic carbocycles. The Morgan fingerprint density at radius 2 is 1.14 bits per heavy atom. The summed E-state index contributed by atoms with van der Waals surface area (Å²) in [7, 11) is 0. The normalized spacial score (nSPS) is 11.1. The fraction of sp³-hybridized carbons (Fsp3) is 0.0476. The van der Waals surface area contributed by atoms with Crippen LogP contribution < -0.4 is 13.1 Å². The van der Waals surface area contributed by atoms with Crippen LogP contribution in [0.3, 0.4) is 0 Å². The number of rotatable bonds is 4. The van der Waals surface area contributed by atoms with Crippen LogP contribution >= 0.6 is 0 Å². The zero-order chi connectivity index (χ0) is 15.4. The minimum atomic E-state index is -2.45. The summed E-state index contributed by atoms with van der Waals surface area (Å²) in [5, 5.41) is 0. The number of benzene rings is 3. The second-order valence-electron chi connectivity index (χ2n) is 5.44. The van der Waals surface area contributed by atoms with Crippen molar-refractivity contribution < 1.29 is 0 Å². The van der Waals surface area contributed by atoms with Gasteiger partial charge in [-0.3, -0.25) is 0 Å². The van der Waals surface area contributed by atoms with Crippen molar-refractivity contribution in [3.05, 3.63) is 97.1 Å². The van der Waals surface area contributed by atoms with Crippen LogP contribution in [0.1, 0.15) is 5.56 Å². The molecule has 0 saturated heterocycles. The number of hydrogen-bond donors (Lipinski definition) is 0. The molecule has 0 heterocycles. The Hall–Kier alpha value is -2.04. The third kappa shape index (κ3) is 2.56. The summed E-state index contributed by atoms with van der Waals surface area (Å²) in [4.78, 5) is 0. The van der Waals surface area contributed by atoms with Crippen LogP contribution in [-0.2, 0) is 0 Å². The summed E-state index contributed by atoms with van der Waals surface area (Å²) in [5.74, 6) is 0. The quantitative estimate of drug-likeness (QED) is 0.635. The monoisotopic (exact) mass is 347 g/mol. The molecule has 0 saturated carbocycles. The molecule has 0 unspecified atom stereocenters. The minimum absolute atomic E-state index is 1.25. The van der Waals surface area contributed by atoms with Crippen LogP contribution in [-0.4, -0.2) is 13.6 Å². The molecule has 0 radical (unpaired) electrons. The van der Waals surface area contributed by atoms with Crippen LogP contribution in [0.4, 0.5) is 0 Å². The van der Waals surface area contributed by atoms with Crippen LogP contribution in [0.2, 0.25) is 5.71 Å². The van der Waals surface area contributed by atoms with E-state index < -0.39 is 13.6 Å². The predicted octanol–water partition coefficient (Wildman–Crippen LogP) is 3.43. The zero-order valence-electron chi connectivity index (χ0n) is 12.8. The van der Waals surface area contributed by atoms with E-state index in [9.17, 15) is 0 Å². The molecule has 0 N–H and O–H groups in total. The van der Waals surface area contributed by atoms with Gasteiger partial charge in [-0.2, -0.15) is 0 Å². The summed E-state index contributed by atoms with van der Waals surface area (Å²) < 4.78 is 4.37. The molecule has 3 aromatic rings. The Morgan fingerprint density at radius 3 is 1.64 bits per heavy atom. The van der Waals surface area contributed by atoms with E-state index >= 15 is 0 Å². The molecule has 0 amide bonds. The van der Waals surface area contributed by atoms with Gasteiger partial charge < -0.3 is 0 Å². The van der Waals surface area contributed by atoms with Gasteiger partial charge in [0.25, 0.3) is 0 Å². The standard InChI is InChI=1S/C21H20As/c1-3-18-12-10-11-17-21(18)22(2,19-13-6-4-7-14-19)20-15-8-5-9-16-20/h3-17H,1H2,2H3/q+1. The molecule has 3 rings (SSSR count). The van der Waals surface area contributed by atoms with Gasteiger partial charge in [-0.15, -0.1) is 0 Å². The Labute approximate surface area is 135 Å². The van der Waals surface area contributed by atoms with Gasteiger partial charge in [-0.1, -0.05) is 0 Å². The molecular formula is C21H20As+. The third-order valence-corrected chi connectivity index (χ3v) is 12.6. The van der Waals surface area contributed by atoms with Crippen molar-refractivity contribution in [1.82, 2.24) is 0 Å². The van der Waals surface area contributed by atoms with Gasteiger partial charge in [0.1, 0.15) is 0 Å². The van der Waals surface area contributed by atoms with Crippen LogP contribution in [0.15, 0.2) is 91.5 Å². The topological polar surface area (TPSA) is 0 Å². The zero-order valence-corrected chi connectivity index (χ0v) is 14.7. The predicted molar refractivity (Wildman–Crippen MR) is 99.9 cm³/mol. The Morgan fingerprint density at radius 1 is 0.682 bits per heavy atom. The average molecular weight is 347 g/mol. The first-order chi connectivity index (χ1) is 10.8. The molecule has 0 aliphatic heterocycles. The van der Waals surface area contributed by atoms with Crippen molar-refractivity contribution in [1.29, 1.82) is 0 Å². The van der Waals surface area contributed by atoms with Gasteiger partial charge in [0.2, 0.25) is 0 Å². The first kappa shape index (κ1) is 14.9. The van der Waals surface area contributed by atoms with Crippen molar-refractivity contribution in [2.75, 3.05) is 0 Å². The molecule has 22 heavy (non-hydrogen) atoms. The molecule has 0 atom stereocenters. The molecule has 1 heteroatoms. The van der Waals surface area contributed by atoms with Crippen molar-refractivity contribution in [3.8, 4) is 0 Å². The van der Waals surface area contributed by atoms with E-state index in [1.807, 2.05) is 6.08 Å². The van der Waals surface area contributed by atoms with Crippen LogP contribution in [0.5, 0.6) is 0 Å². The Balaban J connectivity index is 2.31. The van der Waals surface area contributed by atoms with Crippen molar-refractivity contribution in [2.45, 2.75) is 5.71 Å². The van der Waals surface area contributed by atoms with Crippen LogP contribution in [0.25, 0.3) is 6.08 Å². The maximum absolute atomic E-state index is 4.02. The van der Waals surface area contributed by atoms with E-state index in [-0.39, 0.29) is 0 Å². The SMILES string of the molecule is C=Cc1ccccc1[As+](C)(c1ccccc1)c1ccccc1. The number of hydrogen-bond acceptors (Lipinski definition) is 0. The fourth-order valence-corrected chi connectivity index (χ4v) is 10.2. The summed E-state index contributed by atoms with van der Waals surface area (Å²) >= 11 is -2.45.